The van der Waals surface area contributed by atoms with Crippen molar-refractivity contribution in [3.63, 3.8) is 0 Å². The van der Waals surface area contributed by atoms with Gasteiger partial charge in [-0.25, -0.2) is 0 Å². The average Bonchev–Trinajstić information content (AvgIpc) is 3.00. The van der Waals surface area contributed by atoms with Crippen molar-refractivity contribution in [1.29, 1.82) is 5.26 Å². The van der Waals surface area contributed by atoms with Crippen molar-refractivity contribution < 1.29 is 4.74 Å². The molecule has 8 heteroatoms. The molecule has 0 fully saturated rings. The highest BCUT2D eigenvalue weighted by molar-refractivity contribution is 6.29. The smallest absolute Gasteiger partial charge is 0.325 e. The molecule has 0 aliphatic rings. The number of nitriles is 1. The summed E-state index contributed by atoms with van der Waals surface area (Å²) >= 11 is 5.96. The summed E-state index contributed by atoms with van der Waals surface area (Å²) in [5, 5.41) is 18.6. The van der Waals surface area contributed by atoms with Crippen LogP contribution in [-0.2, 0) is 0 Å². The molecule has 0 aliphatic carbocycles. The van der Waals surface area contributed by atoms with E-state index in [1.54, 1.807) is 42.6 Å². The lowest BCUT2D eigenvalue weighted by Gasteiger charge is -2.07. The fraction of sp³-hybridized carbons (Fsp3) is 0. The van der Waals surface area contributed by atoms with Crippen molar-refractivity contribution in [2.24, 2.45) is 0 Å². The molecule has 0 radical (unpaired) electrons. The zero-order valence-electron chi connectivity index (χ0n) is 11.1. The first-order chi connectivity index (χ1) is 10.7. The van der Waals surface area contributed by atoms with Gasteiger partial charge in [-0.2, -0.15) is 20.3 Å². The number of hydrogen-bond acceptors (Lipinski definition) is 6. The normalized spacial score (nSPS) is 10.0. The monoisotopic (exact) mass is 312 g/mol. The third-order valence-electron chi connectivity index (χ3n) is 2.63. The molecule has 0 bridgehead atoms. The lowest BCUT2D eigenvalue weighted by atomic mass is 10.2. The summed E-state index contributed by atoms with van der Waals surface area (Å²) in [6.45, 7) is 0. The van der Waals surface area contributed by atoms with Crippen LogP contribution in [0.5, 0.6) is 11.8 Å². The molecule has 3 rings (SSSR count). The predicted molar refractivity (Wildman–Crippen MR) is 80.1 cm³/mol. The Bertz CT molecular complexity index is 810. The second-order valence-corrected chi connectivity index (χ2v) is 4.58. The van der Waals surface area contributed by atoms with Gasteiger partial charge in [0, 0.05) is 12.1 Å². The minimum atomic E-state index is 0.0965. The first kappa shape index (κ1) is 13.9. The van der Waals surface area contributed by atoms with Crippen LogP contribution in [0.2, 0.25) is 5.15 Å². The quantitative estimate of drug-likeness (QED) is 0.717. The van der Waals surface area contributed by atoms with Gasteiger partial charge in [0.2, 0.25) is 0 Å². The van der Waals surface area contributed by atoms with E-state index in [9.17, 15) is 0 Å². The Morgan fingerprint density at radius 1 is 1.18 bits per heavy atom. The first-order valence-electron chi connectivity index (χ1n) is 6.22. The number of H-pyrrole nitrogens is 1. The fourth-order valence-corrected chi connectivity index (χ4v) is 1.85. The summed E-state index contributed by atoms with van der Waals surface area (Å²) in [6.07, 6.45) is 1.61. The number of aromatic amines is 1. The Kier molecular flexibility index (Phi) is 3.85. The van der Waals surface area contributed by atoms with E-state index in [1.807, 2.05) is 6.07 Å². The van der Waals surface area contributed by atoms with Crippen molar-refractivity contribution in [2.75, 3.05) is 5.32 Å². The number of aromatic nitrogens is 4. The Morgan fingerprint density at radius 3 is 2.68 bits per heavy atom. The zero-order chi connectivity index (χ0) is 15.4. The molecule has 0 amide bonds. The summed E-state index contributed by atoms with van der Waals surface area (Å²) in [4.78, 5) is 8.21. The van der Waals surface area contributed by atoms with Crippen LogP contribution in [0, 0.1) is 11.3 Å². The highest BCUT2D eigenvalue weighted by Gasteiger charge is 2.07. The van der Waals surface area contributed by atoms with Crippen molar-refractivity contribution in [3.8, 4) is 17.8 Å². The maximum atomic E-state index is 8.76. The van der Waals surface area contributed by atoms with Gasteiger partial charge in [-0.3, -0.25) is 5.10 Å². The van der Waals surface area contributed by atoms with Crippen LogP contribution in [0.3, 0.4) is 0 Å². The van der Waals surface area contributed by atoms with Crippen molar-refractivity contribution >= 4 is 23.2 Å². The molecule has 0 saturated carbocycles. The lowest BCUT2D eigenvalue weighted by molar-refractivity contribution is 0.443. The molecule has 7 nitrogen and oxygen atoms in total. The predicted octanol–water partition coefficient (Wildman–Crippen LogP) is 3.26. The molecule has 0 atom stereocenters. The molecular weight excluding hydrogens is 304 g/mol. The molecular formula is C14H9ClN6O. The van der Waals surface area contributed by atoms with Gasteiger partial charge in [0.15, 0.2) is 0 Å². The highest BCUT2D eigenvalue weighted by atomic mass is 35.5. The maximum absolute atomic E-state index is 8.76. The summed E-state index contributed by atoms with van der Waals surface area (Å²) in [6, 6.07) is 12.0. The van der Waals surface area contributed by atoms with Crippen LogP contribution in [0.15, 0.2) is 42.6 Å². The fourth-order valence-electron chi connectivity index (χ4n) is 1.67. The Balaban J connectivity index is 1.81. The van der Waals surface area contributed by atoms with Crippen molar-refractivity contribution in [2.45, 2.75) is 0 Å². The van der Waals surface area contributed by atoms with Crippen molar-refractivity contribution in [3.05, 3.63) is 53.3 Å². The van der Waals surface area contributed by atoms with E-state index in [4.69, 9.17) is 21.6 Å². The highest BCUT2D eigenvalue weighted by Crippen LogP contribution is 2.23. The average molecular weight is 313 g/mol. The van der Waals surface area contributed by atoms with Crippen LogP contribution in [0.25, 0.3) is 0 Å². The van der Waals surface area contributed by atoms with Crippen LogP contribution >= 0.6 is 11.6 Å². The second kappa shape index (κ2) is 6.11. The zero-order valence-corrected chi connectivity index (χ0v) is 11.9. The minimum absolute atomic E-state index is 0.0965. The van der Waals surface area contributed by atoms with Crippen LogP contribution in [0.4, 0.5) is 11.6 Å². The summed E-state index contributed by atoms with van der Waals surface area (Å²) in [5.74, 6) is 1.64. The molecule has 1 aromatic carbocycles. The van der Waals surface area contributed by atoms with E-state index in [0.29, 0.717) is 22.9 Å². The number of ether oxygens (including phenoxy) is 1. The Morgan fingerprint density at radius 2 is 2.00 bits per heavy atom. The first-order valence-corrected chi connectivity index (χ1v) is 6.60. The Labute approximate surface area is 130 Å². The molecule has 3 aromatic rings. The molecule has 2 aromatic heterocycles. The molecule has 2 heterocycles. The second-order valence-electron chi connectivity index (χ2n) is 4.19. The topological polar surface area (TPSA) is 99.5 Å². The lowest BCUT2D eigenvalue weighted by Crippen LogP contribution is -1.98. The van der Waals surface area contributed by atoms with E-state index in [0.717, 1.165) is 0 Å². The molecule has 0 spiro atoms. The molecule has 0 unspecified atom stereocenters. The third kappa shape index (κ3) is 3.31. The minimum Gasteiger partial charge on any atom is -0.424 e. The van der Waals surface area contributed by atoms with Gasteiger partial charge in [-0.15, -0.1) is 0 Å². The summed E-state index contributed by atoms with van der Waals surface area (Å²) in [7, 11) is 0. The van der Waals surface area contributed by atoms with Gasteiger partial charge >= 0.3 is 6.01 Å². The number of nitrogens with one attached hydrogen (secondary N) is 2. The van der Waals surface area contributed by atoms with E-state index in [1.165, 1.54) is 0 Å². The van der Waals surface area contributed by atoms with Crippen LogP contribution in [0.1, 0.15) is 5.56 Å². The number of halogens is 1. The number of rotatable bonds is 4. The van der Waals surface area contributed by atoms with Crippen LogP contribution in [-0.4, -0.2) is 20.2 Å². The number of benzene rings is 1. The van der Waals surface area contributed by atoms with Crippen molar-refractivity contribution in [1.82, 2.24) is 20.2 Å². The van der Waals surface area contributed by atoms with Gasteiger partial charge in [0.25, 0.3) is 0 Å². The maximum Gasteiger partial charge on any atom is 0.325 e. The molecule has 0 aliphatic heterocycles. The Hall–Kier alpha value is -3.11. The van der Waals surface area contributed by atoms with E-state index in [-0.39, 0.29) is 11.2 Å². The third-order valence-corrected chi connectivity index (χ3v) is 2.82. The van der Waals surface area contributed by atoms with Gasteiger partial charge < -0.3 is 10.1 Å². The number of anilines is 2. The largest absolute Gasteiger partial charge is 0.424 e. The number of nitrogens with zero attached hydrogens (tertiary/aromatic N) is 4. The summed E-state index contributed by atoms with van der Waals surface area (Å²) in [5.41, 5.74) is 0.543. The molecule has 0 saturated heterocycles. The molecule has 108 valence electrons. The molecule has 2 N–H and O–H groups in total. The van der Waals surface area contributed by atoms with E-state index < -0.39 is 0 Å². The standard InChI is InChI=1S/C14H9ClN6O/c15-11-7-13(19-12-5-6-17-21-12)20-14(18-11)22-10-3-1-9(8-16)2-4-10/h1-7H,(H2,17,18,19,20,21). The number of hydrogen-bond donors (Lipinski definition) is 2. The van der Waals surface area contributed by atoms with Gasteiger partial charge in [-0.05, 0) is 24.3 Å². The molecule has 22 heavy (non-hydrogen) atoms. The SMILES string of the molecule is N#Cc1ccc(Oc2nc(Cl)cc(Nc3ccn[nH]3)n2)cc1. The van der Waals surface area contributed by atoms with E-state index >= 15 is 0 Å². The van der Waals surface area contributed by atoms with Gasteiger partial charge in [0.1, 0.15) is 22.5 Å². The summed E-state index contributed by atoms with van der Waals surface area (Å²) < 4.78 is 5.54. The van der Waals surface area contributed by atoms with E-state index in [2.05, 4.69) is 25.5 Å². The van der Waals surface area contributed by atoms with Crippen LogP contribution < -0.4 is 10.1 Å². The van der Waals surface area contributed by atoms with Gasteiger partial charge in [-0.1, -0.05) is 11.6 Å². The van der Waals surface area contributed by atoms with Gasteiger partial charge in [0.05, 0.1) is 17.8 Å².